The van der Waals surface area contributed by atoms with Gasteiger partial charge in [0.2, 0.25) is 16.0 Å². The summed E-state index contributed by atoms with van der Waals surface area (Å²) in [5, 5.41) is 16.2. The molecule has 4 rings (SSSR count). The van der Waals surface area contributed by atoms with Gasteiger partial charge in [-0.25, -0.2) is 22.8 Å². The summed E-state index contributed by atoms with van der Waals surface area (Å²) in [6.07, 6.45) is 4.44. The van der Waals surface area contributed by atoms with E-state index in [4.69, 9.17) is 11.6 Å². The summed E-state index contributed by atoms with van der Waals surface area (Å²) in [5.41, 5.74) is 2.35. The van der Waals surface area contributed by atoms with Crippen molar-refractivity contribution < 1.29 is 17.9 Å². The summed E-state index contributed by atoms with van der Waals surface area (Å²) >= 11 is 5.95. The number of nitrogens with zero attached hydrogens (tertiary/aromatic N) is 3. The van der Waals surface area contributed by atoms with Crippen LogP contribution in [0.4, 0.5) is 10.3 Å². The lowest BCUT2D eigenvalue weighted by atomic mass is 10.0. The van der Waals surface area contributed by atoms with Gasteiger partial charge in [-0.05, 0) is 61.7 Å². The van der Waals surface area contributed by atoms with Crippen molar-refractivity contribution in [2.45, 2.75) is 31.8 Å². The molecule has 2 heterocycles. The van der Waals surface area contributed by atoms with Crippen LogP contribution in [0.2, 0.25) is 5.02 Å². The third-order valence-corrected chi connectivity index (χ3v) is 7.72. The molecule has 0 unspecified atom stereocenters. The van der Waals surface area contributed by atoms with Crippen molar-refractivity contribution in [2.24, 2.45) is 0 Å². The molecular weight excluding hydrogens is 505 g/mol. The second kappa shape index (κ2) is 11.5. The lowest BCUT2D eigenvalue weighted by Gasteiger charge is -2.32. The number of benzene rings is 2. The van der Waals surface area contributed by atoms with Gasteiger partial charge in [0.05, 0.1) is 17.5 Å². The Morgan fingerprint density at radius 1 is 1.19 bits per heavy atom. The maximum Gasteiger partial charge on any atom is 0.223 e. The number of phenols is 1. The number of hydrogen-bond acceptors (Lipinski definition) is 7. The molecule has 1 aliphatic heterocycles. The van der Waals surface area contributed by atoms with Gasteiger partial charge in [0, 0.05) is 24.7 Å². The molecule has 3 N–H and O–H groups in total. The highest BCUT2D eigenvalue weighted by Gasteiger charge is 2.28. The SMILES string of the molecule is CS(=O)(=O)N(Cc1cccc(-c2nc(NCCc3ccc(O)c(Cl)c3)ncc2F)c1)C1CCNCC1. The third kappa shape index (κ3) is 6.70. The van der Waals surface area contributed by atoms with E-state index in [1.54, 1.807) is 30.3 Å². The molecule has 0 radical (unpaired) electrons. The number of aromatic nitrogens is 2. The molecule has 36 heavy (non-hydrogen) atoms. The molecular formula is C25H29ClFN5O3S. The zero-order valence-electron chi connectivity index (χ0n) is 19.9. The number of phenolic OH excluding ortho intramolecular Hbond substituents is 1. The molecule has 11 heteroatoms. The van der Waals surface area contributed by atoms with Crippen LogP contribution in [-0.2, 0) is 23.0 Å². The maximum atomic E-state index is 14.7. The number of anilines is 1. The second-order valence-corrected chi connectivity index (χ2v) is 11.2. The van der Waals surface area contributed by atoms with Crippen LogP contribution in [0, 0.1) is 5.82 Å². The quantitative estimate of drug-likeness (QED) is 0.384. The fraction of sp³-hybridized carbons (Fsp3) is 0.360. The van der Waals surface area contributed by atoms with E-state index in [2.05, 4.69) is 20.6 Å². The first-order valence-corrected chi connectivity index (χ1v) is 13.9. The molecule has 1 fully saturated rings. The standard InChI is InChI=1S/C25H29ClFN5O3S/c1-36(34,35)32(20-8-10-28-11-9-20)16-18-3-2-4-19(13-18)24-22(27)15-30-25(31-24)29-12-7-17-5-6-23(33)21(26)14-17/h2-6,13-15,20,28,33H,7-12,16H2,1H3,(H,29,30,31). The van der Waals surface area contributed by atoms with Crippen molar-refractivity contribution in [3.63, 3.8) is 0 Å². The number of rotatable bonds is 9. The smallest absolute Gasteiger partial charge is 0.223 e. The van der Waals surface area contributed by atoms with Gasteiger partial charge in [0.25, 0.3) is 0 Å². The lowest BCUT2D eigenvalue weighted by Crippen LogP contribution is -2.45. The van der Waals surface area contributed by atoms with Gasteiger partial charge in [-0.3, -0.25) is 0 Å². The number of hydrogen-bond donors (Lipinski definition) is 3. The van der Waals surface area contributed by atoms with Gasteiger partial charge in [0.1, 0.15) is 11.4 Å². The van der Waals surface area contributed by atoms with E-state index >= 15 is 0 Å². The Kier molecular flexibility index (Phi) is 8.40. The summed E-state index contributed by atoms with van der Waals surface area (Å²) in [4.78, 5) is 8.40. The van der Waals surface area contributed by atoms with Crippen LogP contribution in [0.1, 0.15) is 24.0 Å². The van der Waals surface area contributed by atoms with E-state index in [9.17, 15) is 17.9 Å². The minimum Gasteiger partial charge on any atom is -0.506 e. The first kappa shape index (κ1) is 26.3. The minimum atomic E-state index is -3.42. The van der Waals surface area contributed by atoms with Crippen molar-refractivity contribution in [1.82, 2.24) is 19.6 Å². The van der Waals surface area contributed by atoms with Gasteiger partial charge in [-0.1, -0.05) is 35.9 Å². The van der Waals surface area contributed by atoms with Gasteiger partial charge in [-0.2, -0.15) is 4.31 Å². The zero-order chi connectivity index (χ0) is 25.7. The number of nitrogens with one attached hydrogen (secondary N) is 2. The van der Waals surface area contributed by atoms with Crippen LogP contribution in [0.25, 0.3) is 11.3 Å². The number of aromatic hydroxyl groups is 1. The molecule has 0 atom stereocenters. The van der Waals surface area contributed by atoms with Gasteiger partial charge in [-0.15, -0.1) is 0 Å². The third-order valence-electron chi connectivity index (χ3n) is 6.13. The molecule has 0 bridgehead atoms. The zero-order valence-corrected chi connectivity index (χ0v) is 21.5. The van der Waals surface area contributed by atoms with Crippen LogP contribution in [0.3, 0.4) is 0 Å². The van der Waals surface area contributed by atoms with Crippen LogP contribution >= 0.6 is 11.6 Å². The largest absolute Gasteiger partial charge is 0.506 e. The topological polar surface area (TPSA) is 107 Å². The molecule has 192 valence electrons. The fourth-order valence-electron chi connectivity index (χ4n) is 4.29. The van der Waals surface area contributed by atoms with Crippen molar-refractivity contribution in [3.8, 4) is 17.0 Å². The summed E-state index contributed by atoms with van der Waals surface area (Å²) in [7, 11) is -3.42. The first-order valence-electron chi connectivity index (χ1n) is 11.7. The van der Waals surface area contributed by atoms with Gasteiger partial charge < -0.3 is 15.7 Å². The van der Waals surface area contributed by atoms with Crippen LogP contribution in [0.5, 0.6) is 5.75 Å². The van der Waals surface area contributed by atoms with Crippen LogP contribution in [-0.4, -0.2) is 59.7 Å². The number of sulfonamides is 1. The normalized spacial score (nSPS) is 14.8. The fourth-order valence-corrected chi connectivity index (χ4v) is 5.63. The summed E-state index contributed by atoms with van der Waals surface area (Å²) in [6, 6.07) is 12.0. The predicted molar refractivity (Wildman–Crippen MR) is 139 cm³/mol. The van der Waals surface area contributed by atoms with E-state index in [0.29, 0.717) is 18.5 Å². The van der Waals surface area contributed by atoms with Crippen molar-refractivity contribution in [2.75, 3.05) is 31.2 Å². The first-order chi connectivity index (χ1) is 17.2. The molecule has 0 aliphatic carbocycles. The van der Waals surface area contributed by atoms with E-state index in [0.717, 1.165) is 43.3 Å². The lowest BCUT2D eigenvalue weighted by molar-refractivity contribution is 0.258. The van der Waals surface area contributed by atoms with Crippen LogP contribution in [0.15, 0.2) is 48.7 Å². The average molecular weight is 534 g/mol. The highest BCUT2D eigenvalue weighted by Crippen LogP contribution is 2.26. The van der Waals surface area contributed by atoms with Crippen LogP contribution < -0.4 is 10.6 Å². The Labute approximate surface area is 215 Å². The Morgan fingerprint density at radius 3 is 2.69 bits per heavy atom. The Hall–Kier alpha value is -2.79. The molecule has 1 saturated heterocycles. The molecule has 8 nitrogen and oxygen atoms in total. The van der Waals surface area contributed by atoms with E-state index < -0.39 is 15.8 Å². The van der Waals surface area contributed by atoms with Gasteiger partial charge >= 0.3 is 0 Å². The summed E-state index contributed by atoms with van der Waals surface area (Å²) in [6.45, 7) is 2.24. The number of piperidine rings is 1. The number of halogens is 2. The van der Waals surface area contributed by atoms with E-state index in [-0.39, 0.29) is 35.0 Å². The molecule has 3 aromatic rings. The molecule has 1 aromatic heterocycles. The summed E-state index contributed by atoms with van der Waals surface area (Å²) in [5.74, 6) is -0.270. The maximum absolute atomic E-state index is 14.7. The highest BCUT2D eigenvalue weighted by atomic mass is 35.5. The summed E-state index contributed by atoms with van der Waals surface area (Å²) < 4.78 is 41.3. The van der Waals surface area contributed by atoms with Gasteiger partial charge in [0.15, 0.2) is 5.82 Å². The van der Waals surface area contributed by atoms with E-state index in [1.165, 1.54) is 16.6 Å². The second-order valence-electron chi connectivity index (χ2n) is 8.84. The van der Waals surface area contributed by atoms with E-state index in [1.807, 2.05) is 6.07 Å². The highest BCUT2D eigenvalue weighted by molar-refractivity contribution is 7.88. The minimum absolute atomic E-state index is 0.0255. The Morgan fingerprint density at radius 2 is 1.97 bits per heavy atom. The Balaban J connectivity index is 1.49. The molecule has 0 amide bonds. The molecule has 0 spiro atoms. The Bertz CT molecular complexity index is 1320. The van der Waals surface area contributed by atoms with Crippen molar-refractivity contribution >= 4 is 27.6 Å². The monoisotopic (exact) mass is 533 g/mol. The predicted octanol–water partition coefficient (Wildman–Crippen LogP) is 3.81. The van der Waals surface area contributed by atoms with Crippen molar-refractivity contribution in [3.05, 3.63) is 70.6 Å². The van der Waals surface area contributed by atoms with Crippen molar-refractivity contribution in [1.29, 1.82) is 0 Å². The average Bonchev–Trinajstić information content (AvgIpc) is 2.86. The molecule has 1 aliphatic rings. The molecule has 0 saturated carbocycles. The molecule has 2 aromatic carbocycles.